The molecule has 0 saturated heterocycles. The smallest absolute Gasteiger partial charge is 0.261 e. The van der Waals surface area contributed by atoms with Gasteiger partial charge in [-0.2, -0.15) is 0 Å². The van der Waals surface area contributed by atoms with Gasteiger partial charge >= 0.3 is 0 Å². The zero-order valence-corrected chi connectivity index (χ0v) is 15.6. The lowest BCUT2D eigenvalue weighted by molar-refractivity contribution is 0.102. The predicted octanol–water partition coefficient (Wildman–Crippen LogP) is 2.85. The highest BCUT2D eigenvalue weighted by Crippen LogP contribution is 2.21. The fraction of sp³-hybridized carbons (Fsp3) is 0.0526. The number of sulfonamides is 1. The topological polar surface area (TPSA) is 118 Å². The summed E-state index contributed by atoms with van der Waals surface area (Å²) in [6.45, 7) is 0. The number of hydrogen-bond donors (Lipinski definition) is 3. The number of anilines is 2. The molecule has 0 bridgehead atoms. The van der Waals surface area contributed by atoms with Crippen LogP contribution in [0.3, 0.4) is 0 Å². The summed E-state index contributed by atoms with van der Waals surface area (Å²) in [5, 5.41) is 12.1. The third kappa shape index (κ3) is 4.38. The van der Waals surface area contributed by atoms with E-state index < -0.39 is 15.9 Å². The van der Waals surface area contributed by atoms with Crippen LogP contribution in [0.5, 0.6) is 11.5 Å². The van der Waals surface area contributed by atoms with Gasteiger partial charge in [0, 0.05) is 17.4 Å². The lowest BCUT2D eigenvalue weighted by Gasteiger charge is -2.10. The van der Waals surface area contributed by atoms with Crippen LogP contribution in [0.15, 0.2) is 71.8 Å². The molecule has 3 aromatic rings. The van der Waals surface area contributed by atoms with Gasteiger partial charge in [-0.1, -0.05) is 0 Å². The minimum atomic E-state index is -3.82. The Bertz CT molecular complexity index is 1080. The van der Waals surface area contributed by atoms with Crippen LogP contribution in [0.1, 0.15) is 10.4 Å². The molecule has 0 atom stereocenters. The van der Waals surface area contributed by atoms with Crippen molar-refractivity contribution in [3.05, 3.63) is 72.4 Å². The van der Waals surface area contributed by atoms with E-state index >= 15 is 0 Å². The number of rotatable bonds is 6. The van der Waals surface area contributed by atoms with Gasteiger partial charge in [0.25, 0.3) is 15.9 Å². The fourth-order valence-electron chi connectivity index (χ4n) is 2.33. The summed E-state index contributed by atoms with van der Waals surface area (Å²) in [5.74, 6) is -0.0672. The van der Waals surface area contributed by atoms with Crippen molar-refractivity contribution in [2.45, 2.75) is 4.90 Å². The Morgan fingerprint density at radius 2 is 1.71 bits per heavy atom. The number of pyridine rings is 1. The standard InChI is InChI=1S/C19H17N3O5S/c1-27-15-8-6-14(7-9-15)22-28(25,26)16-10-4-13(5-11-16)19(24)21-18-17(23)3-2-12-20-18/h2-12,22-23H,1H3,(H,20,21,24). The Balaban J connectivity index is 1.73. The van der Waals surface area contributed by atoms with E-state index in [0.29, 0.717) is 11.4 Å². The van der Waals surface area contributed by atoms with Crippen LogP contribution in [-0.2, 0) is 10.0 Å². The molecule has 144 valence electrons. The zero-order chi connectivity index (χ0) is 20.1. The van der Waals surface area contributed by atoms with E-state index in [9.17, 15) is 18.3 Å². The van der Waals surface area contributed by atoms with E-state index in [1.807, 2.05) is 0 Å². The number of benzene rings is 2. The number of ether oxygens (including phenoxy) is 1. The van der Waals surface area contributed by atoms with Crippen molar-refractivity contribution in [3.63, 3.8) is 0 Å². The number of nitrogens with zero attached hydrogens (tertiary/aromatic N) is 1. The summed E-state index contributed by atoms with van der Waals surface area (Å²) in [4.78, 5) is 16.1. The molecule has 0 fully saturated rings. The van der Waals surface area contributed by atoms with Crippen LogP contribution >= 0.6 is 0 Å². The molecule has 0 saturated carbocycles. The first-order valence-corrected chi connectivity index (χ1v) is 9.59. The summed E-state index contributed by atoms with van der Waals surface area (Å²) >= 11 is 0. The number of nitrogens with one attached hydrogen (secondary N) is 2. The summed E-state index contributed by atoms with van der Waals surface area (Å²) in [5.41, 5.74) is 0.599. The van der Waals surface area contributed by atoms with Crippen LogP contribution < -0.4 is 14.8 Å². The maximum atomic E-state index is 12.5. The maximum Gasteiger partial charge on any atom is 0.261 e. The first-order chi connectivity index (χ1) is 13.4. The second-order valence-corrected chi connectivity index (χ2v) is 7.37. The molecule has 3 rings (SSSR count). The second kappa shape index (κ2) is 7.97. The van der Waals surface area contributed by atoms with Gasteiger partial charge in [0.2, 0.25) is 0 Å². The Labute approximate surface area is 161 Å². The SMILES string of the molecule is COc1ccc(NS(=O)(=O)c2ccc(C(=O)Nc3ncccc3O)cc2)cc1. The molecule has 2 aromatic carbocycles. The van der Waals surface area contributed by atoms with E-state index in [-0.39, 0.29) is 22.0 Å². The summed E-state index contributed by atoms with van der Waals surface area (Å²) in [6.07, 6.45) is 1.43. The number of carbonyl (C=O) groups is 1. The molecule has 0 radical (unpaired) electrons. The molecule has 0 unspecified atom stereocenters. The van der Waals surface area contributed by atoms with E-state index in [4.69, 9.17) is 4.74 Å². The van der Waals surface area contributed by atoms with Crippen molar-refractivity contribution in [2.75, 3.05) is 17.1 Å². The van der Waals surface area contributed by atoms with Gasteiger partial charge in [-0.15, -0.1) is 0 Å². The van der Waals surface area contributed by atoms with Crippen LogP contribution in [-0.4, -0.2) is 31.5 Å². The van der Waals surface area contributed by atoms with Gasteiger partial charge in [-0.3, -0.25) is 9.52 Å². The molecule has 3 N–H and O–H groups in total. The Morgan fingerprint density at radius 1 is 1.04 bits per heavy atom. The van der Waals surface area contributed by atoms with Crippen molar-refractivity contribution in [3.8, 4) is 11.5 Å². The van der Waals surface area contributed by atoms with E-state index in [2.05, 4.69) is 15.0 Å². The van der Waals surface area contributed by atoms with Crippen LogP contribution in [0.25, 0.3) is 0 Å². The second-order valence-electron chi connectivity index (χ2n) is 5.68. The molecular formula is C19H17N3O5S. The number of aromatic hydroxyl groups is 1. The first-order valence-electron chi connectivity index (χ1n) is 8.11. The van der Waals surface area contributed by atoms with Crippen LogP contribution in [0, 0.1) is 0 Å². The maximum absolute atomic E-state index is 12.5. The molecule has 0 aliphatic rings. The number of carbonyl (C=O) groups excluding carboxylic acids is 1. The molecule has 0 spiro atoms. The molecule has 1 heterocycles. The minimum absolute atomic E-state index is 0.000511. The zero-order valence-electron chi connectivity index (χ0n) is 14.8. The average Bonchev–Trinajstić information content (AvgIpc) is 2.70. The molecule has 0 aliphatic carbocycles. The van der Waals surface area contributed by atoms with Gasteiger partial charge in [0.05, 0.1) is 12.0 Å². The average molecular weight is 399 g/mol. The van der Waals surface area contributed by atoms with Crippen molar-refractivity contribution in [2.24, 2.45) is 0 Å². The van der Waals surface area contributed by atoms with E-state index in [0.717, 1.165) is 0 Å². The molecule has 28 heavy (non-hydrogen) atoms. The number of aromatic nitrogens is 1. The van der Waals surface area contributed by atoms with Gasteiger partial charge in [-0.25, -0.2) is 13.4 Å². The number of methoxy groups -OCH3 is 1. The monoisotopic (exact) mass is 399 g/mol. The van der Waals surface area contributed by atoms with Gasteiger partial charge in [0.15, 0.2) is 11.6 Å². The lowest BCUT2D eigenvalue weighted by atomic mass is 10.2. The highest BCUT2D eigenvalue weighted by molar-refractivity contribution is 7.92. The van der Waals surface area contributed by atoms with Crippen molar-refractivity contribution < 1.29 is 23.1 Å². The third-order valence-corrected chi connectivity index (χ3v) is 5.18. The van der Waals surface area contributed by atoms with Gasteiger partial charge in [0.1, 0.15) is 5.75 Å². The predicted molar refractivity (Wildman–Crippen MR) is 104 cm³/mol. The van der Waals surface area contributed by atoms with Crippen LogP contribution in [0.2, 0.25) is 0 Å². The molecule has 9 heteroatoms. The van der Waals surface area contributed by atoms with Gasteiger partial charge < -0.3 is 15.2 Å². The third-order valence-electron chi connectivity index (χ3n) is 3.79. The van der Waals surface area contributed by atoms with Crippen LogP contribution in [0.4, 0.5) is 11.5 Å². The lowest BCUT2D eigenvalue weighted by Crippen LogP contribution is -2.15. The number of amides is 1. The first kappa shape index (κ1) is 19.2. The normalized spacial score (nSPS) is 10.9. The highest BCUT2D eigenvalue weighted by atomic mass is 32.2. The molecule has 0 aliphatic heterocycles. The minimum Gasteiger partial charge on any atom is -0.504 e. The Hall–Kier alpha value is -3.59. The Kier molecular flexibility index (Phi) is 5.46. The Morgan fingerprint density at radius 3 is 2.32 bits per heavy atom. The quantitative estimate of drug-likeness (QED) is 0.587. The van der Waals surface area contributed by atoms with Crippen molar-refractivity contribution in [1.29, 1.82) is 0 Å². The van der Waals surface area contributed by atoms with Crippen molar-refractivity contribution >= 4 is 27.4 Å². The molecular weight excluding hydrogens is 382 g/mol. The summed E-state index contributed by atoms with van der Waals surface area (Å²) in [6, 6.07) is 14.7. The summed E-state index contributed by atoms with van der Waals surface area (Å²) < 4.78 is 32.5. The molecule has 8 nitrogen and oxygen atoms in total. The van der Waals surface area contributed by atoms with E-state index in [1.54, 1.807) is 24.3 Å². The van der Waals surface area contributed by atoms with Crippen molar-refractivity contribution in [1.82, 2.24) is 4.98 Å². The summed E-state index contributed by atoms with van der Waals surface area (Å²) in [7, 11) is -2.30. The van der Waals surface area contributed by atoms with E-state index in [1.165, 1.54) is 49.7 Å². The highest BCUT2D eigenvalue weighted by Gasteiger charge is 2.16. The van der Waals surface area contributed by atoms with Gasteiger partial charge in [-0.05, 0) is 60.7 Å². The molecule has 1 aromatic heterocycles. The fourth-order valence-corrected chi connectivity index (χ4v) is 3.39. The number of hydrogen-bond acceptors (Lipinski definition) is 6. The largest absolute Gasteiger partial charge is 0.504 e. The molecule has 1 amide bonds.